The number of pyridine rings is 3. The minimum absolute atomic E-state index is 0.118. The Morgan fingerprint density at radius 2 is 0.493 bits per heavy atom. The molecule has 150 heavy (non-hydrogen) atoms. The second kappa shape index (κ2) is 45.9. The van der Waals surface area contributed by atoms with Gasteiger partial charge in [0.05, 0.1) is 124 Å². The predicted octanol–water partition coefficient (Wildman–Crippen LogP) is 31.1. The highest BCUT2D eigenvalue weighted by Gasteiger charge is 2.24. The molecule has 0 amide bonds. The molecular formula is C130H140N10O10. The molecule has 20 heteroatoms. The number of aromatic nitrogens is 10. The molecule has 20 rings (SSSR count). The Balaban J connectivity index is 0.000000153. The molecular weight excluding hydrogens is 1860 g/mol. The van der Waals surface area contributed by atoms with Crippen LogP contribution in [0, 0.1) is 34.6 Å². The Morgan fingerprint density at radius 1 is 0.267 bits per heavy atom. The molecule has 0 radical (unpaired) electrons. The average Bonchev–Trinajstić information content (AvgIpc) is 1.76. The fourth-order valence-corrected chi connectivity index (χ4v) is 17.6. The quantitative estimate of drug-likeness (QED) is 0.0437. The van der Waals surface area contributed by atoms with Crippen molar-refractivity contribution >= 4 is 39.0 Å². The molecule has 8 heterocycles. The van der Waals surface area contributed by atoms with Gasteiger partial charge in [-0.25, -0.2) is 24.9 Å². The number of hydrogen-bond donors (Lipinski definition) is 3. The van der Waals surface area contributed by atoms with Crippen LogP contribution in [0.3, 0.4) is 0 Å². The molecule has 20 aromatic rings. The van der Waals surface area contributed by atoms with Gasteiger partial charge in [0, 0.05) is 92.1 Å². The van der Waals surface area contributed by atoms with Crippen LogP contribution in [0.15, 0.2) is 335 Å². The van der Waals surface area contributed by atoms with Gasteiger partial charge in [0.2, 0.25) is 0 Å². The van der Waals surface area contributed by atoms with E-state index in [1.807, 2.05) is 242 Å². The van der Waals surface area contributed by atoms with Crippen molar-refractivity contribution in [3.05, 3.63) is 379 Å². The summed E-state index contributed by atoms with van der Waals surface area (Å²) in [5.74, 6) is 3.13. The molecule has 20 nitrogen and oxygen atoms in total. The Labute approximate surface area is 918 Å². The van der Waals surface area contributed by atoms with Crippen molar-refractivity contribution < 1.29 is 84.1 Å². The average molecular weight is 2030 g/mol. The van der Waals surface area contributed by atoms with E-state index in [1.165, 1.54) is 48.5 Å². The fraction of sp³-hybridized carbons (Fsp3) is 0.269. The Bertz CT molecular complexity index is 9200. The number of rotatable bonds is 27. The molecule has 0 spiro atoms. The lowest BCUT2D eigenvalue weighted by molar-refractivity contribution is 0.0780. The minimum Gasteiger partial charge on any atom is -0.491 e. The molecule has 0 bridgehead atoms. The maximum absolute atomic E-state index is 10.5. The highest BCUT2D eigenvalue weighted by Crippen LogP contribution is 2.40. The predicted molar refractivity (Wildman–Crippen MR) is 611 cm³/mol. The van der Waals surface area contributed by atoms with E-state index in [0.717, 1.165) is 185 Å². The van der Waals surface area contributed by atoms with Gasteiger partial charge in [0.15, 0.2) is 0 Å². The van der Waals surface area contributed by atoms with Crippen molar-refractivity contribution in [1.29, 1.82) is 0 Å². The molecule has 7 unspecified atom stereocenters. The van der Waals surface area contributed by atoms with Crippen LogP contribution in [0.2, 0.25) is 0 Å². The molecule has 0 saturated heterocycles. The van der Waals surface area contributed by atoms with Crippen molar-refractivity contribution in [3.63, 3.8) is 0 Å². The van der Waals surface area contributed by atoms with Gasteiger partial charge in [-0.1, -0.05) is 97.1 Å². The van der Waals surface area contributed by atoms with Crippen LogP contribution in [0.4, 0.5) is 0 Å². The van der Waals surface area contributed by atoms with Gasteiger partial charge in [-0.15, -0.1) is 0 Å². The van der Waals surface area contributed by atoms with Gasteiger partial charge in [0.25, 0.3) is 0 Å². The minimum atomic E-state index is -2.60. The van der Waals surface area contributed by atoms with Crippen molar-refractivity contribution in [3.8, 4) is 141 Å². The van der Waals surface area contributed by atoms with E-state index >= 15 is 0 Å². The lowest BCUT2D eigenvalue weighted by Crippen LogP contribution is -2.14. The molecule has 3 N–H and O–H groups in total. The number of fused-ring (bicyclic) bond motifs is 5. The van der Waals surface area contributed by atoms with Crippen molar-refractivity contribution in [2.24, 2.45) is 0 Å². The lowest BCUT2D eigenvalue weighted by atomic mass is 9.95. The molecule has 12 aromatic carbocycles. The Morgan fingerprint density at radius 3 is 0.740 bits per heavy atom. The summed E-state index contributed by atoms with van der Waals surface area (Å²) in [4.78, 5) is 22.7. The molecule has 0 aliphatic heterocycles. The monoisotopic (exact) mass is 2030 g/mol. The van der Waals surface area contributed by atoms with Crippen molar-refractivity contribution in [1.82, 2.24) is 47.3 Å². The van der Waals surface area contributed by atoms with E-state index in [0.29, 0.717) is 22.6 Å². The normalized spacial score (nSPS) is 17.5. The number of ether oxygens (including phenoxy) is 7. The zero-order valence-corrected chi connectivity index (χ0v) is 87.1. The summed E-state index contributed by atoms with van der Waals surface area (Å²) in [5, 5.41) is 31.3. The van der Waals surface area contributed by atoms with Crippen LogP contribution in [-0.2, 0) is 16.8 Å². The van der Waals surface area contributed by atoms with E-state index in [2.05, 4.69) is 56.1 Å². The van der Waals surface area contributed by atoms with E-state index in [-0.39, 0.29) is 29.5 Å². The summed E-state index contributed by atoms with van der Waals surface area (Å²) >= 11 is 0. The third-order valence-electron chi connectivity index (χ3n) is 24.9. The number of benzene rings is 12. The number of imidazole rings is 5. The summed E-state index contributed by atoms with van der Waals surface area (Å²) in [7, 11) is 0. The number of hydrogen-bond acceptors (Lipinski definition) is 15. The topological polar surface area (TPSA) is 213 Å². The van der Waals surface area contributed by atoms with Gasteiger partial charge in [-0.05, 0) is 444 Å². The van der Waals surface area contributed by atoms with Gasteiger partial charge >= 0.3 is 0 Å². The fourth-order valence-electron chi connectivity index (χ4n) is 17.6. The largest absolute Gasteiger partial charge is 0.491 e. The molecule has 0 aliphatic rings. The standard InChI is InChI=1S/5C26H28N2O2/c3*1-17(2)30-22-12-8-20(9-13-22)24-15-27-25-14-18(3)23(16-28(24)25)19-6-10-21(11-7-19)26(4,5)29;2*1-17(2)29-22-10-6-20(7-11-22)24-15-26-25(14-19(24)5)27-16-28(26)21-8-12-23(13-9-21)30-18(3)4/h3*6-17,29H,1-5H3;2*6-18H,1-5H3/i1D3,4D3,17D;1D3,17D;4D3;1D3,3D3,17D,18D;3D3,18D. The van der Waals surface area contributed by atoms with E-state index in [9.17, 15) is 15.3 Å². The molecule has 0 fully saturated rings. The zero-order chi connectivity index (χ0) is 129. The van der Waals surface area contributed by atoms with Crippen LogP contribution in [0.5, 0.6) is 40.2 Å². The lowest BCUT2D eigenvalue weighted by Gasteiger charge is -2.18. The summed E-state index contributed by atoms with van der Waals surface area (Å²) in [6.07, 6.45) is 4.85. The molecule has 770 valence electrons. The maximum Gasteiger partial charge on any atom is 0.137 e. The number of aliphatic hydroxyl groups is 3. The third kappa shape index (κ3) is 26.1. The number of aryl methyl sites for hydroxylation is 5. The highest BCUT2D eigenvalue weighted by atomic mass is 16.5. The SMILES string of the molecule is [2H]C([2H])([2H])C(C)(O)c1ccc(-c2cn3c(-c4ccc(OC(C)C)cc4)cnc3cc2C)cc1.[2H]C([2H])([2H])C([2H])(C)Oc1ccc(-c2cc3c(cc2C)ncn3-c2ccc(OC([2H])(C)C([2H])([2H])[2H])cc2)cc1.[2H]C([2H])([2H])C([2H])(C)Oc1ccc(-c2cnc3cc(C)c(-c4ccc(C(C)(C)O)cc4)cn23)cc1.[2H]C([2H])([2H])C([2H])(C)Oc1ccc(-c2cnc3cc(C)c(-c4ccc(C(C)(O)C([2H])([2H])[2H])cc4)cn23)cc1.[2H]C([2H])([2H])C([2H])(C)Oc1ccc(-n2cnc3cc(C)c(-c4ccc(OC(C)C)cc4)cc32)cc1. The van der Waals surface area contributed by atoms with Crippen LogP contribution in [-0.4, -0.2) is 105 Å². The second-order valence-corrected chi connectivity index (χ2v) is 38.4. The first-order valence-corrected chi connectivity index (χ1v) is 49.1. The van der Waals surface area contributed by atoms with Crippen LogP contribution in [0.25, 0.3) is 140 Å². The Hall–Kier alpha value is -15.9. The van der Waals surface area contributed by atoms with Gasteiger partial charge in [-0.3, -0.25) is 22.3 Å². The smallest absolute Gasteiger partial charge is 0.137 e. The van der Waals surface area contributed by atoms with Crippen LogP contribution < -0.4 is 33.2 Å². The second-order valence-electron chi connectivity index (χ2n) is 38.4. The number of nitrogens with zero attached hydrogens (tertiary/aromatic N) is 10. The highest BCUT2D eigenvalue weighted by molar-refractivity contribution is 5.88. The van der Waals surface area contributed by atoms with Crippen LogP contribution in [0.1, 0.15) is 218 Å². The van der Waals surface area contributed by atoms with Crippen molar-refractivity contribution in [2.75, 3.05) is 0 Å². The van der Waals surface area contributed by atoms with Crippen LogP contribution >= 0.6 is 0 Å². The van der Waals surface area contributed by atoms with Gasteiger partial charge in [-0.2, -0.15) is 0 Å². The Kier molecular flexibility index (Phi) is 23.7. The van der Waals surface area contributed by atoms with Gasteiger partial charge in [0.1, 0.15) is 69.8 Å². The summed E-state index contributed by atoms with van der Waals surface area (Å²) in [5.41, 5.74) is 24.6. The van der Waals surface area contributed by atoms with E-state index in [1.54, 1.807) is 160 Å². The zero-order valence-electron chi connectivity index (χ0n) is 113. The summed E-state index contributed by atoms with van der Waals surface area (Å²) < 4.78 is 246. The first kappa shape index (κ1) is 77.5. The first-order chi connectivity index (χ1) is 81.7. The van der Waals surface area contributed by atoms with E-state index < -0.39 is 95.2 Å². The molecule has 8 aromatic heterocycles. The summed E-state index contributed by atoms with van der Waals surface area (Å²) in [6.45, 7) is 12.4. The molecule has 7 atom stereocenters. The molecule has 0 aliphatic carbocycles. The first-order valence-electron chi connectivity index (χ1n) is 62.1. The van der Waals surface area contributed by atoms with E-state index in [4.69, 9.17) is 68.8 Å². The third-order valence-corrected chi connectivity index (χ3v) is 24.9. The van der Waals surface area contributed by atoms with Crippen molar-refractivity contribution in [2.45, 2.75) is 232 Å². The molecule has 0 saturated carbocycles. The van der Waals surface area contributed by atoms with Gasteiger partial charge < -0.3 is 48.5 Å². The summed E-state index contributed by atoms with van der Waals surface area (Å²) in [6, 6.07) is 86.4. The maximum atomic E-state index is 10.5.